The van der Waals surface area contributed by atoms with Crippen LogP contribution < -0.4 is 10.1 Å². The summed E-state index contributed by atoms with van der Waals surface area (Å²) in [4.78, 5) is 6.74. The molecule has 1 N–H and O–H groups in total. The van der Waals surface area contributed by atoms with Crippen LogP contribution >= 0.6 is 0 Å². The lowest BCUT2D eigenvalue weighted by molar-refractivity contribution is 0.410. The number of aliphatic imine (C=N–C) groups is 1. The minimum absolute atomic E-state index is 0.0181. The predicted molar refractivity (Wildman–Crippen MR) is 88.2 cm³/mol. The van der Waals surface area contributed by atoms with Gasteiger partial charge in [0.2, 0.25) is 0 Å². The maximum atomic E-state index is 5.33. The van der Waals surface area contributed by atoms with Crippen LogP contribution in [0, 0.1) is 0 Å². The third kappa shape index (κ3) is 3.90. The van der Waals surface area contributed by atoms with Gasteiger partial charge in [0.15, 0.2) is 5.96 Å². The summed E-state index contributed by atoms with van der Waals surface area (Å²) in [7, 11) is 3.57. The van der Waals surface area contributed by atoms with Crippen LogP contribution in [0.5, 0.6) is 5.75 Å². The molecule has 0 amide bonds. The Balaban J connectivity index is 2.02. The lowest BCUT2D eigenvalue weighted by Gasteiger charge is -2.29. The van der Waals surface area contributed by atoms with Crippen molar-refractivity contribution in [1.29, 1.82) is 0 Å². The molecule has 1 aromatic carbocycles. The average Bonchev–Trinajstić information content (AvgIpc) is 3.02. The van der Waals surface area contributed by atoms with Crippen LogP contribution in [0.3, 0.4) is 0 Å². The van der Waals surface area contributed by atoms with Crippen molar-refractivity contribution in [2.24, 2.45) is 4.99 Å². The summed E-state index contributed by atoms with van der Waals surface area (Å²) in [5.41, 5.74) is 1.29. The lowest BCUT2D eigenvalue weighted by atomic mass is 9.84. The summed E-state index contributed by atoms with van der Waals surface area (Å²) in [5, 5.41) is 3.52. The maximum Gasteiger partial charge on any atom is 0.193 e. The van der Waals surface area contributed by atoms with E-state index < -0.39 is 0 Å². The molecule has 0 spiro atoms. The summed E-state index contributed by atoms with van der Waals surface area (Å²) in [6, 6.07) is 8.30. The zero-order chi connectivity index (χ0) is 15.3. The number of benzene rings is 1. The molecule has 1 heterocycles. The highest BCUT2D eigenvalue weighted by Crippen LogP contribution is 2.25. The molecule has 1 fully saturated rings. The standard InChI is InChI=1S/C17H27N3O/c1-17(2,14-8-7-9-15(12-14)21-4)13-19-16(18-3)20-10-5-6-11-20/h7-9,12H,5-6,10-11,13H2,1-4H3,(H,18,19). The second-order valence-electron chi connectivity index (χ2n) is 6.21. The summed E-state index contributed by atoms with van der Waals surface area (Å²) >= 11 is 0. The highest BCUT2D eigenvalue weighted by Gasteiger charge is 2.23. The molecule has 0 radical (unpaired) electrons. The molecule has 4 nitrogen and oxygen atoms in total. The number of rotatable bonds is 4. The zero-order valence-electron chi connectivity index (χ0n) is 13.6. The first kappa shape index (κ1) is 15.7. The molecule has 0 atom stereocenters. The Morgan fingerprint density at radius 2 is 2.05 bits per heavy atom. The first-order chi connectivity index (χ1) is 10.1. The smallest absolute Gasteiger partial charge is 0.193 e. The molecule has 1 aromatic rings. The molecule has 0 bridgehead atoms. The van der Waals surface area contributed by atoms with Gasteiger partial charge < -0.3 is 15.0 Å². The fourth-order valence-corrected chi connectivity index (χ4v) is 2.71. The molecule has 0 aliphatic carbocycles. The van der Waals surface area contributed by atoms with Gasteiger partial charge in [0.1, 0.15) is 5.75 Å². The Labute approximate surface area is 128 Å². The van der Waals surface area contributed by atoms with Crippen LogP contribution in [0.15, 0.2) is 29.3 Å². The van der Waals surface area contributed by atoms with Crippen molar-refractivity contribution in [1.82, 2.24) is 10.2 Å². The molecule has 0 aromatic heterocycles. The first-order valence-electron chi connectivity index (χ1n) is 7.67. The van der Waals surface area contributed by atoms with Gasteiger partial charge in [-0.25, -0.2) is 0 Å². The molecule has 1 aliphatic heterocycles. The van der Waals surface area contributed by atoms with Crippen LogP contribution in [0.25, 0.3) is 0 Å². The second kappa shape index (κ2) is 6.83. The Bertz CT molecular complexity index is 491. The molecule has 2 rings (SSSR count). The van der Waals surface area contributed by atoms with E-state index in [0.717, 1.165) is 31.3 Å². The topological polar surface area (TPSA) is 36.9 Å². The molecule has 0 saturated carbocycles. The van der Waals surface area contributed by atoms with Crippen molar-refractivity contribution in [3.8, 4) is 5.75 Å². The fourth-order valence-electron chi connectivity index (χ4n) is 2.71. The Morgan fingerprint density at radius 3 is 2.67 bits per heavy atom. The Morgan fingerprint density at radius 1 is 1.33 bits per heavy atom. The SMILES string of the molecule is CN=C(NCC(C)(C)c1cccc(OC)c1)N1CCCC1. The average molecular weight is 289 g/mol. The van der Waals surface area contributed by atoms with E-state index in [-0.39, 0.29) is 5.41 Å². The highest BCUT2D eigenvalue weighted by atomic mass is 16.5. The van der Waals surface area contributed by atoms with Crippen molar-refractivity contribution in [3.05, 3.63) is 29.8 Å². The molecule has 1 aliphatic rings. The summed E-state index contributed by atoms with van der Waals surface area (Å²) < 4.78 is 5.33. The van der Waals surface area contributed by atoms with E-state index in [2.05, 4.69) is 41.2 Å². The summed E-state index contributed by atoms with van der Waals surface area (Å²) in [6.07, 6.45) is 2.53. The fraction of sp³-hybridized carbons (Fsp3) is 0.588. The van der Waals surface area contributed by atoms with Gasteiger partial charge in [0, 0.05) is 32.1 Å². The Kier molecular flexibility index (Phi) is 5.10. The van der Waals surface area contributed by atoms with Crippen LogP contribution in [0.4, 0.5) is 0 Å². The number of hydrogen-bond donors (Lipinski definition) is 1. The normalized spacial score (nSPS) is 16.2. The van der Waals surface area contributed by atoms with Crippen LogP contribution in [0.1, 0.15) is 32.3 Å². The predicted octanol–water partition coefficient (Wildman–Crippen LogP) is 2.64. The number of nitrogens with one attached hydrogen (secondary N) is 1. The van der Waals surface area contributed by atoms with Gasteiger partial charge >= 0.3 is 0 Å². The molecule has 21 heavy (non-hydrogen) atoms. The van der Waals surface area contributed by atoms with E-state index in [1.54, 1.807) is 7.11 Å². The maximum absolute atomic E-state index is 5.33. The van der Waals surface area contributed by atoms with E-state index in [9.17, 15) is 0 Å². The molecule has 116 valence electrons. The second-order valence-corrected chi connectivity index (χ2v) is 6.21. The summed E-state index contributed by atoms with van der Waals surface area (Å²) in [5.74, 6) is 1.92. The molecule has 0 unspecified atom stereocenters. The van der Waals surface area contributed by atoms with Gasteiger partial charge in [0.05, 0.1) is 7.11 Å². The number of likely N-dealkylation sites (tertiary alicyclic amines) is 1. The molecular weight excluding hydrogens is 262 g/mol. The largest absolute Gasteiger partial charge is 0.497 e. The molecular formula is C17H27N3O. The Hall–Kier alpha value is -1.71. The number of methoxy groups -OCH3 is 1. The van der Waals surface area contributed by atoms with E-state index in [0.29, 0.717) is 0 Å². The van der Waals surface area contributed by atoms with Gasteiger partial charge in [-0.2, -0.15) is 0 Å². The molecule has 1 saturated heterocycles. The van der Waals surface area contributed by atoms with Crippen molar-refractivity contribution in [2.45, 2.75) is 32.1 Å². The number of guanidine groups is 1. The van der Waals surface area contributed by atoms with Crippen LogP contribution in [-0.4, -0.2) is 44.7 Å². The monoisotopic (exact) mass is 289 g/mol. The lowest BCUT2D eigenvalue weighted by Crippen LogP contribution is -2.44. The summed E-state index contributed by atoms with van der Waals surface area (Å²) in [6.45, 7) is 7.56. The van der Waals surface area contributed by atoms with Gasteiger partial charge in [0.25, 0.3) is 0 Å². The molecule has 4 heteroatoms. The van der Waals surface area contributed by atoms with E-state index >= 15 is 0 Å². The van der Waals surface area contributed by atoms with E-state index in [1.165, 1.54) is 18.4 Å². The van der Waals surface area contributed by atoms with Gasteiger partial charge in [-0.1, -0.05) is 26.0 Å². The van der Waals surface area contributed by atoms with Gasteiger partial charge in [-0.15, -0.1) is 0 Å². The van der Waals surface area contributed by atoms with E-state index in [1.807, 2.05) is 19.2 Å². The first-order valence-corrected chi connectivity index (χ1v) is 7.67. The minimum atomic E-state index is 0.0181. The van der Waals surface area contributed by atoms with Crippen molar-refractivity contribution >= 4 is 5.96 Å². The number of ether oxygens (including phenoxy) is 1. The zero-order valence-corrected chi connectivity index (χ0v) is 13.6. The van der Waals surface area contributed by atoms with Crippen LogP contribution in [-0.2, 0) is 5.41 Å². The third-order valence-electron chi connectivity index (χ3n) is 4.16. The van der Waals surface area contributed by atoms with Crippen LogP contribution in [0.2, 0.25) is 0 Å². The quantitative estimate of drug-likeness (QED) is 0.684. The highest BCUT2D eigenvalue weighted by molar-refractivity contribution is 5.80. The van der Waals surface area contributed by atoms with Crippen molar-refractivity contribution in [2.75, 3.05) is 33.8 Å². The number of nitrogens with zero attached hydrogens (tertiary/aromatic N) is 2. The van der Waals surface area contributed by atoms with E-state index in [4.69, 9.17) is 4.74 Å². The number of hydrogen-bond acceptors (Lipinski definition) is 2. The van der Waals surface area contributed by atoms with Crippen molar-refractivity contribution < 1.29 is 4.74 Å². The minimum Gasteiger partial charge on any atom is -0.497 e. The van der Waals surface area contributed by atoms with Gasteiger partial charge in [-0.3, -0.25) is 4.99 Å². The third-order valence-corrected chi connectivity index (χ3v) is 4.16. The van der Waals surface area contributed by atoms with Crippen molar-refractivity contribution in [3.63, 3.8) is 0 Å². The van der Waals surface area contributed by atoms with Gasteiger partial charge in [-0.05, 0) is 30.5 Å².